The van der Waals surface area contributed by atoms with Crippen LogP contribution < -0.4 is 49.4 Å². The fourth-order valence-electron chi connectivity index (χ4n) is 10.5. The Bertz CT molecular complexity index is 5680. The zero-order chi connectivity index (χ0) is 72.7. The molecule has 14 aromatic heterocycles. The highest BCUT2D eigenvalue weighted by molar-refractivity contribution is 6.62. The molecule has 31 heteroatoms. The standard InChI is InChI=1S/C20H20N6O.C16H11FN4O.C13H9FN4O.C11H17BN2O2.C8H4ClFN2O.C3H5ClO/c1-14-11-25-12-15(2-4-18(25)22-14)17-10-20(27)26-13-16(3-5-19(26)23-17)24-8-6-21-7-9-24;1-10-7-20-8-11(2-4-14(20)18-10)13-6-16(22)21-9-12(17)3-5-15(21)19-13;14-9-2-4-12-17-10(5-13(19)18(12)7-9)8-1-3-11(15)16-6-8;1-10(2)11(3,4)16-12(15-10)8-5-6-9(13)14-7-8;9-6-3-8(13)12-4-5(10)1-2-7(12)11-6;1-3(5)2-4/h2-5,10-13,21H,6-9H2,1H3;2-9H,1H3;1-7H,(H2,15,16);5-7H,1-4H3,(H2,13,14);1-4H;2H2,1H3. The first-order valence-electron chi connectivity index (χ1n) is 31.6. The second-order valence-corrected chi connectivity index (χ2v) is 25.1. The second kappa shape index (κ2) is 30.5. The molecule has 25 nitrogen and oxygen atoms in total. The Balaban J connectivity index is 0.000000128. The van der Waals surface area contributed by atoms with Gasteiger partial charge in [0.2, 0.25) is 0 Å². The summed E-state index contributed by atoms with van der Waals surface area (Å²) in [5, 5.41) is 3.45. The molecular formula is C71H66BCl2F3N18O7. The number of halogens is 5. The van der Waals surface area contributed by atoms with Crippen molar-refractivity contribution in [3.05, 3.63) is 259 Å². The van der Waals surface area contributed by atoms with Gasteiger partial charge in [-0.25, -0.2) is 53.0 Å². The summed E-state index contributed by atoms with van der Waals surface area (Å²) in [6, 6.07) is 32.1. The summed E-state index contributed by atoms with van der Waals surface area (Å²) in [4.78, 5) is 94.0. The van der Waals surface area contributed by atoms with Crippen molar-refractivity contribution >= 4 is 92.8 Å². The van der Waals surface area contributed by atoms with Gasteiger partial charge in [-0.05, 0) is 139 Å². The number of alkyl halides is 1. The smallest absolute Gasteiger partial charge is 0.399 e. The van der Waals surface area contributed by atoms with Gasteiger partial charge in [0.25, 0.3) is 22.2 Å². The van der Waals surface area contributed by atoms with Crippen molar-refractivity contribution < 1.29 is 27.3 Å². The number of imidazole rings is 2. The molecule has 0 unspecified atom stereocenters. The molecule has 0 amide bonds. The van der Waals surface area contributed by atoms with Gasteiger partial charge < -0.3 is 39.8 Å². The van der Waals surface area contributed by atoms with Crippen molar-refractivity contribution in [1.82, 2.24) is 71.6 Å². The van der Waals surface area contributed by atoms with E-state index < -0.39 is 23.0 Å². The number of pyridine rings is 8. The van der Waals surface area contributed by atoms with Gasteiger partial charge in [-0.3, -0.25) is 41.6 Å². The summed E-state index contributed by atoms with van der Waals surface area (Å²) in [5.41, 5.74) is 20.6. The lowest BCUT2D eigenvalue weighted by molar-refractivity contribution is -0.114. The quantitative estimate of drug-likeness (QED) is 0.0794. The van der Waals surface area contributed by atoms with Crippen LogP contribution in [0.2, 0.25) is 5.15 Å². The number of rotatable bonds is 6. The van der Waals surface area contributed by atoms with Crippen molar-refractivity contribution in [2.24, 2.45) is 0 Å². The van der Waals surface area contributed by atoms with E-state index in [1.165, 1.54) is 66.1 Å². The van der Waals surface area contributed by atoms with Crippen molar-refractivity contribution in [3.63, 3.8) is 0 Å². The van der Waals surface area contributed by atoms with Crippen molar-refractivity contribution in [1.29, 1.82) is 0 Å². The number of nitrogens with zero attached hydrogens (tertiary/aromatic N) is 15. The van der Waals surface area contributed by atoms with Crippen LogP contribution in [-0.2, 0) is 14.1 Å². The van der Waals surface area contributed by atoms with Crippen LogP contribution in [0.5, 0.6) is 0 Å². The van der Waals surface area contributed by atoms with Crippen molar-refractivity contribution in [2.45, 2.75) is 59.7 Å². The van der Waals surface area contributed by atoms with Crippen LogP contribution in [-0.4, -0.2) is 122 Å². The van der Waals surface area contributed by atoms with Crippen LogP contribution in [0.4, 0.5) is 30.5 Å². The Morgan fingerprint density at radius 1 is 0.510 bits per heavy atom. The maximum atomic E-state index is 13.2. The number of hydrogen-bond acceptors (Lipinski definition) is 19. The third-order valence-electron chi connectivity index (χ3n) is 16.3. The van der Waals surface area contributed by atoms with E-state index >= 15 is 0 Å². The number of nitrogens with two attached hydrogens (primary N) is 2. The third kappa shape index (κ3) is 17.0. The molecule has 2 aliphatic rings. The number of nitrogens with one attached hydrogen (secondary N) is 1. The number of aromatic nitrogens is 14. The molecule has 0 bridgehead atoms. The number of aryl methyl sites for hydroxylation is 2. The van der Waals surface area contributed by atoms with Gasteiger partial charge in [0.05, 0.1) is 51.2 Å². The Morgan fingerprint density at radius 3 is 1.33 bits per heavy atom. The van der Waals surface area contributed by atoms with Crippen LogP contribution in [0, 0.1) is 31.3 Å². The Hall–Kier alpha value is -11.5. The predicted octanol–water partition coefficient (Wildman–Crippen LogP) is 8.93. The minimum absolute atomic E-state index is 0.0201. The number of piperazine rings is 1. The van der Waals surface area contributed by atoms with Crippen LogP contribution in [0.1, 0.15) is 46.0 Å². The lowest BCUT2D eigenvalue weighted by Gasteiger charge is -2.32. The summed E-state index contributed by atoms with van der Waals surface area (Å²) in [6.07, 6.45) is 16.1. The molecule has 2 fully saturated rings. The van der Waals surface area contributed by atoms with E-state index in [4.69, 9.17) is 49.0 Å². The van der Waals surface area contributed by atoms with Crippen LogP contribution in [0.15, 0.2) is 202 Å². The number of carbonyl (C=O) groups is 1. The van der Waals surface area contributed by atoms with E-state index in [0.29, 0.717) is 56.9 Å². The predicted molar refractivity (Wildman–Crippen MR) is 387 cm³/mol. The molecule has 5 N–H and O–H groups in total. The first kappa shape index (κ1) is 71.8. The molecule has 0 saturated carbocycles. The highest BCUT2D eigenvalue weighted by Gasteiger charge is 2.51. The van der Waals surface area contributed by atoms with Gasteiger partial charge in [0, 0.05) is 135 Å². The Labute approximate surface area is 589 Å². The van der Waals surface area contributed by atoms with Gasteiger partial charge >= 0.3 is 7.12 Å². The number of fused-ring (bicyclic) bond motifs is 6. The largest absolute Gasteiger partial charge is 0.496 e. The van der Waals surface area contributed by atoms with E-state index in [-0.39, 0.29) is 51.8 Å². The SMILES string of the molecule is CC(=O)CCl.CC1(C)OB(c2ccc(N)nc2)OC1(C)C.Cc1cn2cc(-c3cc(=O)n4cc(F)ccc4n3)ccc2n1.Cc1cn2cc(-c3cc(=O)n4cc(N5CCNCC5)ccc4n3)ccc2n1.Nc1ccc(-c2cc(=O)n3cc(F)ccc3n2)cn1.O=c1cc(Cl)nc2ccc(F)cn12. The molecule has 0 atom stereocenters. The number of anilines is 3. The fourth-order valence-corrected chi connectivity index (χ4v) is 10.7. The fraction of sp³-hybridized carbons (Fsp3) is 0.197. The zero-order valence-corrected chi connectivity index (χ0v) is 57.6. The van der Waals surface area contributed by atoms with Crippen LogP contribution >= 0.6 is 23.2 Å². The normalized spacial score (nSPS) is 13.6. The van der Waals surface area contributed by atoms with E-state index in [1.807, 2.05) is 124 Å². The van der Waals surface area contributed by atoms with Gasteiger partial charge in [0.15, 0.2) is 0 Å². The monoisotopic (exact) mass is 1420 g/mol. The third-order valence-corrected chi connectivity index (χ3v) is 16.9. The van der Waals surface area contributed by atoms with Crippen molar-refractivity contribution in [2.75, 3.05) is 48.4 Å². The summed E-state index contributed by atoms with van der Waals surface area (Å²) < 4.78 is 59.7. The molecule has 102 heavy (non-hydrogen) atoms. The lowest BCUT2D eigenvalue weighted by Crippen LogP contribution is -2.43. The number of nitrogen functional groups attached to an aromatic ring is 2. The molecule has 2 aliphatic heterocycles. The molecule has 2 saturated heterocycles. The first-order valence-corrected chi connectivity index (χ1v) is 32.5. The number of Topliss-reactive ketones (excluding diaryl/α,β-unsaturated/α-hetero) is 1. The Kier molecular flexibility index (Phi) is 21.5. The first-order chi connectivity index (χ1) is 48.7. The number of ketones is 1. The van der Waals surface area contributed by atoms with E-state index in [9.17, 15) is 37.1 Å². The summed E-state index contributed by atoms with van der Waals surface area (Å²) in [5.74, 6) is -0.397. The average Bonchev–Trinajstić information content (AvgIpc) is 1.49. The van der Waals surface area contributed by atoms with Crippen LogP contribution in [0.3, 0.4) is 0 Å². The molecule has 16 heterocycles. The molecule has 520 valence electrons. The lowest BCUT2D eigenvalue weighted by atomic mass is 9.80. The zero-order valence-electron chi connectivity index (χ0n) is 56.0. The van der Waals surface area contributed by atoms with E-state index in [2.05, 4.69) is 45.1 Å². The summed E-state index contributed by atoms with van der Waals surface area (Å²) in [7, 11) is -0.363. The molecule has 0 radical (unpaired) electrons. The average molecular weight is 1420 g/mol. The van der Waals surface area contributed by atoms with Gasteiger partial charge in [-0.2, -0.15) is 0 Å². The topological polar surface area (TPSA) is 301 Å². The molecule has 0 aliphatic carbocycles. The molecule has 0 aromatic carbocycles. The Morgan fingerprint density at radius 2 is 0.902 bits per heavy atom. The molecule has 14 aromatic rings. The van der Waals surface area contributed by atoms with Gasteiger partial charge in [0.1, 0.15) is 73.9 Å². The summed E-state index contributed by atoms with van der Waals surface area (Å²) >= 11 is 10.5. The number of carbonyl (C=O) groups excluding carboxylic acids is 1. The minimum Gasteiger partial charge on any atom is -0.399 e. The van der Waals surface area contributed by atoms with Crippen molar-refractivity contribution in [3.8, 4) is 33.8 Å². The van der Waals surface area contributed by atoms with E-state index in [0.717, 1.165) is 105 Å². The maximum Gasteiger partial charge on any atom is 0.496 e. The minimum atomic E-state index is -0.488. The maximum absolute atomic E-state index is 13.2. The highest BCUT2D eigenvalue weighted by Crippen LogP contribution is 2.36. The second-order valence-electron chi connectivity index (χ2n) is 24.5. The van der Waals surface area contributed by atoms with E-state index in [1.54, 1.807) is 34.9 Å². The molecule has 16 rings (SSSR count). The van der Waals surface area contributed by atoms with Crippen LogP contribution in [0.25, 0.3) is 67.7 Å². The van der Waals surface area contributed by atoms with Gasteiger partial charge in [-0.1, -0.05) is 17.7 Å². The summed E-state index contributed by atoms with van der Waals surface area (Å²) in [6.45, 7) is 17.2. The molecular weight excluding hydrogens is 1360 g/mol. The highest BCUT2D eigenvalue weighted by atomic mass is 35.5. The molecule has 0 spiro atoms. The number of hydrogen-bond donors (Lipinski definition) is 3. The van der Waals surface area contributed by atoms with Gasteiger partial charge in [-0.15, -0.1) is 11.6 Å².